The second-order valence-electron chi connectivity index (χ2n) is 6.01. The van der Waals surface area contributed by atoms with E-state index in [2.05, 4.69) is 19.9 Å². The zero-order chi connectivity index (χ0) is 18.9. The summed E-state index contributed by atoms with van der Waals surface area (Å²) in [6.45, 7) is 0. The number of rotatable bonds is 5. The van der Waals surface area contributed by atoms with Crippen LogP contribution in [0.25, 0.3) is 5.69 Å². The summed E-state index contributed by atoms with van der Waals surface area (Å²) in [5, 5.41) is 6.95. The summed E-state index contributed by atoms with van der Waals surface area (Å²) in [5.41, 5.74) is 2.21. The van der Waals surface area contributed by atoms with Crippen molar-refractivity contribution in [1.82, 2.24) is 9.78 Å². The summed E-state index contributed by atoms with van der Waals surface area (Å²) >= 11 is 0. The molecule has 3 aromatic rings. The van der Waals surface area contributed by atoms with Crippen molar-refractivity contribution in [2.45, 2.75) is 19.1 Å². The Morgan fingerprint density at radius 2 is 1.89 bits per heavy atom. The molecule has 4 rings (SSSR count). The number of aryl methyl sites for hydroxylation is 1. The standard InChI is InChI=1S/C19H15F2N3O3/c20-19(21)26-16-8-7-14(10-17(16)27-19)23-18(25)9-6-13-11-22-24(12-13)15-4-2-1-3-5-15/h1-5,7-8,10-12H,6,9H2,(H,23,25). The zero-order valence-corrected chi connectivity index (χ0v) is 14.1. The normalized spacial score (nSPS) is 14.1. The molecule has 0 saturated carbocycles. The van der Waals surface area contributed by atoms with Gasteiger partial charge in [0, 0.05) is 24.4 Å². The van der Waals surface area contributed by atoms with Gasteiger partial charge in [-0.15, -0.1) is 8.78 Å². The number of amides is 1. The van der Waals surface area contributed by atoms with E-state index in [9.17, 15) is 13.6 Å². The highest BCUT2D eigenvalue weighted by molar-refractivity contribution is 5.91. The third-order valence-corrected chi connectivity index (χ3v) is 3.98. The first-order valence-corrected chi connectivity index (χ1v) is 8.27. The lowest BCUT2D eigenvalue weighted by Gasteiger charge is -2.05. The molecule has 2 heterocycles. The second-order valence-corrected chi connectivity index (χ2v) is 6.01. The van der Waals surface area contributed by atoms with Crippen molar-refractivity contribution in [3.63, 3.8) is 0 Å². The van der Waals surface area contributed by atoms with E-state index in [-0.39, 0.29) is 23.8 Å². The summed E-state index contributed by atoms with van der Waals surface area (Å²) in [6.07, 6.45) is 0.629. The van der Waals surface area contributed by atoms with Crippen molar-refractivity contribution >= 4 is 11.6 Å². The molecule has 0 fully saturated rings. The summed E-state index contributed by atoms with van der Waals surface area (Å²) in [6, 6.07) is 13.8. The minimum Gasteiger partial charge on any atom is -0.395 e. The van der Waals surface area contributed by atoms with Crippen LogP contribution in [0.4, 0.5) is 14.5 Å². The van der Waals surface area contributed by atoms with Crippen molar-refractivity contribution in [2.75, 3.05) is 5.32 Å². The van der Waals surface area contributed by atoms with Gasteiger partial charge in [0.15, 0.2) is 11.5 Å². The number of alkyl halides is 2. The predicted molar refractivity (Wildman–Crippen MR) is 93.2 cm³/mol. The summed E-state index contributed by atoms with van der Waals surface area (Å²) < 4.78 is 36.5. The minimum absolute atomic E-state index is 0.0636. The number of ether oxygens (including phenoxy) is 2. The Morgan fingerprint density at radius 3 is 2.70 bits per heavy atom. The lowest BCUT2D eigenvalue weighted by molar-refractivity contribution is -0.286. The van der Waals surface area contributed by atoms with Gasteiger partial charge in [-0.1, -0.05) is 18.2 Å². The molecule has 1 aliphatic heterocycles. The van der Waals surface area contributed by atoms with Crippen LogP contribution in [0.2, 0.25) is 0 Å². The van der Waals surface area contributed by atoms with Crippen LogP contribution in [0.15, 0.2) is 60.9 Å². The molecule has 6 nitrogen and oxygen atoms in total. The summed E-state index contributed by atoms with van der Waals surface area (Å²) in [7, 11) is 0. The second kappa shape index (κ2) is 6.71. The highest BCUT2D eigenvalue weighted by Gasteiger charge is 2.43. The predicted octanol–water partition coefficient (Wildman–Crippen LogP) is 3.77. The van der Waals surface area contributed by atoms with Gasteiger partial charge in [-0.2, -0.15) is 5.10 Å². The molecule has 8 heteroatoms. The van der Waals surface area contributed by atoms with Gasteiger partial charge in [-0.25, -0.2) is 4.68 Å². The molecule has 0 radical (unpaired) electrons. The summed E-state index contributed by atoms with van der Waals surface area (Å²) in [5.74, 6) is -0.415. The van der Waals surface area contributed by atoms with Crippen LogP contribution in [0.5, 0.6) is 11.5 Å². The first kappa shape index (κ1) is 17.0. The average molecular weight is 371 g/mol. The van der Waals surface area contributed by atoms with Crippen LogP contribution >= 0.6 is 0 Å². The van der Waals surface area contributed by atoms with Gasteiger partial charge in [0.2, 0.25) is 5.91 Å². The molecule has 0 saturated heterocycles. The molecule has 0 aliphatic carbocycles. The quantitative estimate of drug-likeness (QED) is 0.742. The number of carbonyl (C=O) groups is 1. The van der Waals surface area contributed by atoms with Gasteiger partial charge in [0.1, 0.15) is 0 Å². The highest BCUT2D eigenvalue weighted by Crippen LogP contribution is 2.42. The fraction of sp³-hybridized carbons (Fsp3) is 0.158. The van der Waals surface area contributed by atoms with Gasteiger partial charge in [-0.05, 0) is 36.2 Å². The number of fused-ring (bicyclic) bond motifs is 1. The monoisotopic (exact) mass is 371 g/mol. The topological polar surface area (TPSA) is 65.4 Å². The zero-order valence-electron chi connectivity index (χ0n) is 14.1. The number of para-hydroxylation sites is 1. The van der Waals surface area contributed by atoms with Crippen LogP contribution < -0.4 is 14.8 Å². The van der Waals surface area contributed by atoms with Crippen LogP contribution in [-0.2, 0) is 11.2 Å². The Kier molecular flexibility index (Phi) is 4.23. The number of hydrogen-bond donors (Lipinski definition) is 1. The number of anilines is 1. The molecule has 1 amide bonds. The molecular formula is C19H15F2N3O3. The molecule has 27 heavy (non-hydrogen) atoms. The molecule has 0 unspecified atom stereocenters. The SMILES string of the molecule is O=C(CCc1cnn(-c2ccccc2)c1)Nc1ccc2c(c1)OC(F)(F)O2. The van der Waals surface area contributed by atoms with Crippen molar-refractivity contribution in [2.24, 2.45) is 0 Å². The third kappa shape index (κ3) is 3.89. The van der Waals surface area contributed by atoms with Gasteiger partial charge in [0.25, 0.3) is 0 Å². The third-order valence-electron chi connectivity index (χ3n) is 3.98. The van der Waals surface area contributed by atoms with Crippen molar-refractivity contribution < 1.29 is 23.0 Å². The molecular weight excluding hydrogens is 356 g/mol. The maximum atomic E-state index is 13.0. The van der Waals surface area contributed by atoms with Crippen LogP contribution in [-0.4, -0.2) is 22.0 Å². The van der Waals surface area contributed by atoms with Crippen LogP contribution in [0, 0.1) is 0 Å². The Hall–Kier alpha value is -3.42. The molecule has 2 aromatic carbocycles. The first-order valence-electron chi connectivity index (χ1n) is 8.27. The van der Waals surface area contributed by atoms with E-state index >= 15 is 0 Å². The number of hydrogen-bond acceptors (Lipinski definition) is 4. The molecule has 0 spiro atoms. The summed E-state index contributed by atoms with van der Waals surface area (Å²) in [4.78, 5) is 12.1. The van der Waals surface area contributed by atoms with Crippen molar-refractivity contribution in [1.29, 1.82) is 0 Å². The minimum atomic E-state index is -3.68. The first-order chi connectivity index (χ1) is 13.0. The number of nitrogens with zero attached hydrogens (tertiary/aromatic N) is 2. The lowest BCUT2D eigenvalue weighted by Crippen LogP contribution is -2.25. The van der Waals surface area contributed by atoms with E-state index in [1.54, 1.807) is 10.9 Å². The Bertz CT molecular complexity index is 973. The van der Waals surface area contributed by atoms with Crippen LogP contribution in [0.1, 0.15) is 12.0 Å². The number of aromatic nitrogens is 2. The lowest BCUT2D eigenvalue weighted by atomic mass is 10.2. The Balaban J connectivity index is 1.34. The molecule has 0 atom stereocenters. The van der Waals surface area contributed by atoms with Gasteiger partial charge in [0.05, 0.1) is 11.9 Å². The number of carbonyl (C=O) groups excluding carboxylic acids is 1. The van der Waals surface area contributed by atoms with E-state index in [4.69, 9.17) is 0 Å². The van der Waals surface area contributed by atoms with Crippen LogP contribution in [0.3, 0.4) is 0 Å². The Morgan fingerprint density at radius 1 is 1.11 bits per heavy atom. The van der Waals surface area contributed by atoms with Gasteiger partial charge < -0.3 is 14.8 Å². The smallest absolute Gasteiger partial charge is 0.395 e. The molecule has 0 bridgehead atoms. The highest BCUT2D eigenvalue weighted by atomic mass is 19.3. The molecule has 1 aliphatic rings. The van der Waals surface area contributed by atoms with Crippen molar-refractivity contribution in [3.05, 3.63) is 66.5 Å². The fourth-order valence-electron chi connectivity index (χ4n) is 2.72. The maximum absolute atomic E-state index is 13.0. The average Bonchev–Trinajstić information content (AvgIpc) is 3.23. The van der Waals surface area contributed by atoms with Gasteiger partial charge >= 0.3 is 6.29 Å². The number of benzene rings is 2. The van der Waals surface area contributed by atoms with Gasteiger partial charge in [-0.3, -0.25) is 4.79 Å². The number of nitrogens with one attached hydrogen (secondary N) is 1. The van der Waals surface area contributed by atoms with Crippen molar-refractivity contribution in [3.8, 4) is 17.2 Å². The molecule has 1 N–H and O–H groups in total. The molecule has 1 aromatic heterocycles. The largest absolute Gasteiger partial charge is 0.586 e. The van der Waals surface area contributed by atoms with E-state index < -0.39 is 6.29 Å². The number of halogens is 2. The van der Waals surface area contributed by atoms with E-state index in [0.717, 1.165) is 11.3 Å². The fourth-order valence-corrected chi connectivity index (χ4v) is 2.72. The Labute approximate surface area is 153 Å². The maximum Gasteiger partial charge on any atom is 0.586 e. The van der Waals surface area contributed by atoms with E-state index in [1.165, 1.54) is 18.2 Å². The van der Waals surface area contributed by atoms with E-state index in [1.807, 2.05) is 36.5 Å². The van der Waals surface area contributed by atoms with E-state index in [0.29, 0.717) is 12.1 Å². The molecule has 138 valence electrons.